The van der Waals surface area contributed by atoms with Gasteiger partial charge in [-0.3, -0.25) is 9.59 Å². The van der Waals surface area contributed by atoms with Gasteiger partial charge in [-0.1, -0.05) is 0 Å². The summed E-state index contributed by atoms with van der Waals surface area (Å²) in [6, 6.07) is 0. The molecule has 2 aliphatic heterocycles. The molecule has 0 amide bonds. The van der Waals surface area contributed by atoms with Gasteiger partial charge in [-0.2, -0.15) is 15.0 Å². The number of ether oxygens (including phenoxy) is 2. The molecule has 2 aliphatic rings. The molecule has 0 atom stereocenters. The molecule has 0 spiro atoms. The van der Waals surface area contributed by atoms with Crippen molar-refractivity contribution in [3.63, 3.8) is 0 Å². The van der Waals surface area contributed by atoms with Gasteiger partial charge >= 0.3 is 11.9 Å². The number of piperidine rings is 2. The number of hydrogen-bond donors (Lipinski definition) is 1. The molecule has 0 aliphatic carbocycles. The fraction of sp³-hybridized carbons (Fsp3) is 0.750. The molecule has 0 saturated carbocycles. The van der Waals surface area contributed by atoms with Gasteiger partial charge in [0.05, 0.1) is 25.0 Å². The number of nitrogens with zero attached hydrogens (tertiary/aromatic N) is 5. The number of nitrogens with one attached hydrogen (secondary N) is 1. The van der Waals surface area contributed by atoms with Crippen LogP contribution in [0.5, 0.6) is 0 Å². The lowest BCUT2D eigenvalue weighted by atomic mass is 9.97. The van der Waals surface area contributed by atoms with E-state index in [1.165, 1.54) is 0 Å². The van der Waals surface area contributed by atoms with Crippen molar-refractivity contribution in [1.82, 2.24) is 15.0 Å². The van der Waals surface area contributed by atoms with Crippen molar-refractivity contribution in [2.45, 2.75) is 39.5 Å². The summed E-state index contributed by atoms with van der Waals surface area (Å²) in [6.07, 6.45) is 2.89. The molecular weight excluding hydrogens is 388 g/mol. The highest BCUT2D eigenvalue weighted by Crippen LogP contribution is 2.26. The van der Waals surface area contributed by atoms with E-state index < -0.39 is 0 Å². The van der Waals surface area contributed by atoms with E-state index in [0.717, 1.165) is 25.7 Å². The van der Waals surface area contributed by atoms with E-state index in [4.69, 9.17) is 14.5 Å². The van der Waals surface area contributed by atoms with Crippen LogP contribution >= 0.6 is 0 Å². The zero-order chi connectivity index (χ0) is 21.5. The molecule has 2 saturated heterocycles. The van der Waals surface area contributed by atoms with Crippen LogP contribution in [0.3, 0.4) is 0 Å². The zero-order valence-corrected chi connectivity index (χ0v) is 18.1. The van der Waals surface area contributed by atoms with Gasteiger partial charge in [-0.05, 0) is 39.5 Å². The summed E-state index contributed by atoms with van der Waals surface area (Å²) in [7, 11) is 1.78. The number of carbonyl (C=O) groups is 2. The van der Waals surface area contributed by atoms with Gasteiger partial charge in [0.2, 0.25) is 17.8 Å². The lowest BCUT2D eigenvalue weighted by molar-refractivity contribution is -0.149. The Morgan fingerprint density at radius 2 is 1.23 bits per heavy atom. The summed E-state index contributed by atoms with van der Waals surface area (Å²) < 4.78 is 10.3. The lowest BCUT2D eigenvalue weighted by Crippen LogP contribution is -2.40. The smallest absolute Gasteiger partial charge is 0.309 e. The maximum Gasteiger partial charge on any atom is 0.309 e. The highest BCUT2D eigenvalue weighted by atomic mass is 16.5. The Bertz CT molecular complexity index is 674. The Labute approximate surface area is 177 Å². The van der Waals surface area contributed by atoms with E-state index in [-0.39, 0.29) is 23.8 Å². The zero-order valence-electron chi connectivity index (χ0n) is 18.1. The van der Waals surface area contributed by atoms with Gasteiger partial charge in [0.25, 0.3) is 0 Å². The van der Waals surface area contributed by atoms with Crippen molar-refractivity contribution >= 4 is 29.8 Å². The molecule has 1 aromatic rings. The molecule has 1 N–H and O–H groups in total. The van der Waals surface area contributed by atoms with E-state index >= 15 is 0 Å². The second-order valence-corrected chi connectivity index (χ2v) is 7.54. The van der Waals surface area contributed by atoms with Crippen molar-refractivity contribution in [3.8, 4) is 0 Å². The summed E-state index contributed by atoms with van der Waals surface area (Å²) in [4.78, 5) is 41.9. The molecule has 2 fully saturated rings. The van der Waals surface area contributed by atoms with Gasteiger partial charge in [0.1, 0.15) is 0 Å². The number of aromatic nitrogens is 3. The van der Waals surface area contributed by atoms with Gasteiger partial charge < -0.3 is 24.6 Å². The molecule has 30 heavy (non-hydrogen) atoms. The van der Waals surface area contributed by atoms with Crippen LogP contribution in [0.15, 0.2) is 0 Å². The Morgan fingerprint density at radius 3 is 1.57 bits per heavy atom. The van der Waals surface area contributed by atoms with Crippen molar-refractivity contribution in [3.05, 3.63) is 0 Å². The number of anilines is 3. The third kappa shape index (κ3) is 5.28. The predicted molar refractivity (Wildman–Crippen MR) is 113 cm³/mol. The van der Waals surface area contributed by atoms with E-state index in [2.05, 4.69) is 25.1 Å². The fourth-order valence-electron chi connectivity index (χ4n) is 3.90. The van der Waals surface area contributed by atoms with E-state index in [0.29, 0.717) is 57.2 Å². The lowest BCUT2D eigenvalue weighted by Gasteiger charge is -2.33. The van der Waals surface area contributed by atoms with Gasteiger partial charge in [0, 0.05) is 33.2 Å². The van der Waals surface area contributed by atoms with Crippen LogP contribution in [0.2, 0.25) is 0 Å². The van der Waals surface area contributed by atoms with E-state index in [9.17, 15) is 9.59 Å². The largest absolute Gasteiger partial charge is 0.466 e. The average Bonchev–Trinajstić information content (AvgIpc) is 2.79. The number of rotatable bonds is 7. The van der Waals surface area contributed by atoms with E-state index in [1.807, 2.05) is 13.8 Å². The Kier molecular flexibility index (Phi) is 7.64. The molecule has 0 bridgehead atoms. The Balaban J connectivity index is 1.65. The van der Waals surface area contributed by atoms with E-state index in [1.54, 1.807) is 7.05 Å². The van der Waals surface area contributed by atoms with Crippen LogP contribution in [-0.4, -0.2) is 73.3 Å². The Morgan fingerprint density at radius 1 is 0.833 bits per heavy atom. The molecule has 10 heteroatoms. The minimum Gasteiger partial charge on any atom is -0.466 e. The highest BCUT2D eigenvalue weighted by Gasteiger charge is 2.30. The minimum atomic E-state index is -0.117. The monoisotopic (exact) mass is 420 g/mol. The third-order valence-electron chi connectivity index (χ3n) is 5.63. The summed E-state index contributed by atoms with van der Waals surface area (Å²) >= 11 is 0. The van der Waals surface area contributed by atoms with Gasteiger partial charge in [-0.25, -0.2) is 0 Å². The first kappa shape index (κ1) is 22.0. The van der Waals surface area contributed by atoms with Crippen LogP contribution < -0.4 is 15.1 Å². The molecule has 166 valence electrons. The topological polar surface area (TPSA) is 110 Å². The molecule has 0 unspecified atom stereocenters. The molecule has 3 rings (SSSR count). The van der Waals surface area contributed by atoms with Crippen molar-refractivity contribution in [2.75, 3.05) is 61.6 Å². The first-order valence-corrected chi connectivity index (χ1v) is 10.8. The van der Waals surface area contributed by atoms with Crippen LogP contribution in [0.1, 0.15) is 39.5 Å². The van der Waals surface area contributed by atoms with Crippen LogP contribution in [0, 0.1) is 11.8 Å². The van der Waals surface area contributed by atoms with Crippen LogP contribution in [-0.2, 0) is 19.1 Å². The first-order chi connectivity index (χ1) is 14.5. The van der Waals surface area contributed by atoms with Crippen LogP contribution in [0.25, 0.3) is 0 Å². The maximum absolute atomic E-state index is 12.0. The molecule has 0 aromatic carbocycles. The fourth-order valence-corrected chi connectivity index (χ4v) is 3.90. The number of carbonyl (C=O) groups excluding carboxylic acids is 2. The number of hydrogen-bond acceptors (Lipinski definition) is 10. The predicted octanol–water partition coefficient (Wildman–Crippen LogP) is 1.47. The molecule has 3 heterocycles. The van der Waals surface area contributed by atoms with Crippen molar-refractivity contribution < 1.29 is 19.1 Å². The minimum absolute atomic E-state index is 0.0619. The number of esters is 2. The standard InChI is InChI=1S/C20H32N6O4/c1-4-29-16(27)14-6-10-25(11-7-14)19-22-18(21-3)23-20(24-19)26-12-8-15(9-13-26)17(28)30-5-2/h14-15H,4-13H2,1-3H3,(H,21,22,23,24). The summed E-state index contributed by atoms with van der Waals surface area (Å²) in [6.45, 7) is 7.26. The first-order valence-electron chi connectivity index (χ1n) is 10.8. The van der Waals surface area contributed by atoms with Gasteiger partial charge in [-0.15, -0.1) is 0 Å². The second-order valence-electron chi connectivity index (χ2n) is 7.54. The molecule has 10 nitrogen and oxygen atoms in total. The molecular formula is C20H32N6O4. The molecule has 0 radical (unpaired) electrons. The molecule has 1 aromatic heterocycles. The second kappa shape index (κ2) is 10.4. The average molecular weight is 421 g/mol. The normalized spacial score (nSPS) is 18.2. The maximum atomic E-state index is 12.0. The summed E-state index contributed by atoms with van der Waals surface area (Å²) in [5.41, 5.74) is 0. The van der Waals surface area contributed by atoms with Crippen molar-refractivity contribution in [2.24, 2.45) is 11.8 Å². The van der Waals surface area contributed by atoms with Crippen LogP contribution in [0.4, 0.5) is 17.8 Å². The third-order valence-corrected chi connectivity index (χ3v) is 5.63. The van der Waals surface area contributed by atoms with Gasteiger partial charge in [0.15, 0.2) is 0 Å². The Hall–Kier alpha value is -2.65. The highest BCUT2D eigenvalue weighted by molar-refractivity contribution is 5.73. The quantitative estimate of drug-likeness (QED) is 0.651. The SMILES string of the molecule is CCOC(=O)C1CCN(c2nc(NC)nc(N3CCC(C(=O)OCC)CC3)n2)CC1. The summed E-state index contributed by atoms with van der Waals surface area (Å²) in [5.74, 6) is 1.37. The van der Waals surface area contributed by atoms with Crippen molar-refractivity contribution in [1.29, 1.82) is 0 Å². The summed E-state index contributed by atoms with van der Waals surface area (Å²) in [5, 5.41) is 3.01.